The van der Waals surface area contributed by atoms with Crippen LogP contribution < -0.4 is 10.1 Å². The molecule has 0 saturated carbocycles. The van der Waals surface area contributed by atoms with E-state index in [1.165, 1.54) is 17.8 Å². The van der Waals surface area contributed by atoms with Crippen molar-refractivity contribution in [2.45, 2.75) is 33.1 Å². The minimum absolute atomic E-state index is 0.222. The number of pyridine rings is 2. The maximum Gasteiger partial charge on any atom is 0.337 e. The van der Waals surface area contributed by atoms with Crippen molar-refractivity contribution in [3.8, 4) is 5.88 Å². The lowest BCUT2D eigenvalue weighted by Gasteiger charge is -2.27. The Hall–Kier alpha value is -3.41. The van der Waals surface area contributed by atoms with Crippen molar-refractivity contribution < 1.29 is 14.6 Å². The first-order valence-corrected chi connectivity index (χ1v) is 10.0. The number of anilines is 1. The van der Waals surface area contributed by atoms with Gasteiger partial charge >= 0.3 is 5.97 Å². The third-order valence-corrected chi connectivity index (χ3v) is 5.13. The van der Waals surface area contributed by atoms with Gasteiger partial charge in [0.15, 0.2) is 0 Å². The lowest BCUT2D eigenvalue weighted by Crippen LogP contribution is -2.21. The third-order valence-electron chi connectivity index (χ3n) is 5.13. The molecular weight excluding hydrogens is 378 g/mol. The molecule has 2 heterocycles. The van der Waals surface area contributed by atoms with Crippen molar-refractivity contribution >= 4 is 11.7 Å². The molecule has 0 bridgehead atoms. The second kappa shape index (κ2) is 9.87. The number of ether oxygens (including phenoxy) is 1. The second-order valence-electron chi connectivity index (χ2n) is 7.36. The molecule has 1 atom stereocenters. The van der Waals surface area contributed by atoms with Crippen LogP contribution in [0.4, 0.5) is 5.69 Å². The van der Waals surface area contributed by atoms with Crippen molar-refractivity contribution in [1.82, 2.24) is 9.97 Å². The standard InChI is InChI=1S/C24H27N3O3/c1-4-20-18(13-17(3)30-23-10-5-7-16(2)27-23)8-6-9-19(20)14-26-22-15-25-12-11-21(22)24(28)29/h4-5,7,10-13,15,19,26H,1,6,8-9,14H2,2-3H3,(H,28,29)/b17-13+. The largest absolute Gasteiger partial charge is 0.478 e. The smallest absolute Gasteiger partial charge is 0.337 e. The quantitative estimate of drug-likeness (QED) is 0.590. The molecule has 0 aromatic carbocycles. The van der Waals surface area contributed by atoms with Gasteiger partial charge in [-0.15, -0.1) is 0 Å². The zero-order chi connectivity index (χ0) is 21.5. The van der Waals surface area contributed by atoms with Gasteiger partial charge in [0.25, 0.3) is 0 Å². The summed E-state index contributed by atoms with van der Waals surface area (Å²) in [5.74, 6) is 0.617. The fourth-order valence-electron chi connectivity index (χ4n) is 3.74. The summed E-state index contributed by atoms with van der Waals surface area (Å²) in [6.07, 6.45) is 10.00. The molecular formula is C24H27N3O3. The Morgan fingerprint density at radius 2 is 2.23 bits per heavy atom. The highest BCUT2D eigenvalue weighted by Crippen LogP contribution is 2.33. The predicted molar refractivity (Wildman–Crippen MR) is 118 cm³/mol. The Balaban J connectivity index is 1.76. The monoisotopic (exact) mass is 405 g/mol. The number of aromatic nitrogens is 2. The van der Waals surface area contributed by atoms with Crippen LogP contribution in [0.25, 0.3) is 0 Å². The lowest BCUT2D eigenvalue weighted by molar-refractivity contribution is 0.0697. The number of carbonyl (C=O) groups is 1. The molecule has 2 aromatic rings. The summed E-state index contributed by atoms with van der Waals surface area (Å²) in [5, 5.41) is 12.6. The molecule has 0 fully saturated rings. The van der Waals surface area contributed by atoms with Gasteiger partial charge in [-0.1, -0.05) is 18.7 Å². The number of carboxylic acids is 1. The fourth-order valence-corrected chi connectivity index (χ4v) is 3.74. The average molecular weight is 405 g/mol. The van der Waals surface area contributed by atoms with Gasteiger partial charge in [0.1, 0.15) is 5.76 Å². The molecule has 156 valence electrons. The van der Waals surface area contributed by atoms with E-state index in [9.17, 15) is 9.90 Å². The molecule has 0 amide bonds. The van der Waals surface area contributed by atoms with Gasteiger partial charge in [-0.05, 0) is 62.5 Å². The molecule has 0 spiro atoms. The average Bonchev–Trinajstić information content (AvgIpc) is 2.72. The Morgan fingerprint density at radius 1 is 1.40 bits per heavy atom. The number of hydrogen-bond acceptors (Lipinski definition) is 5. The molecule has 1 aliphatic rings. The number of hydrogen-bond donors (Lipinski definition) is 2. The minimum atomic E-state index is -0.968. The second-order valence-corrected chi connectivity index (χ2v) is 7.36. The first-order valence-electron chi connectivity index (χ1n) is 10.0. The molecule has 0 saturated heterocycles. The number of rotatable bonds is 8. The van der Waals surface area contributed by atoms with E-state index in [1.54, 1.807) is 6.20 Å². The first kappa shape index (κ1) is 21.3. The van der Waals surface area contributed by atoms with Crippen LogP contribution in [0.15, 0.2) is 72.3 Å². The number of aryl methyl sites for hydroxylation is 1. The van der Waals surface area contributed by atoms with Crippen molar-refractivity contribution in [3.05, 3.63) is 83.6 Å². The van der Waals surface area contributed by atoms with E-state index < -0.39 is 5.97 Å². The van der Waals surface area contributed by atoms with Gasteiger partial charge in [0.05, 0.1) is 17.4 Å². The summed E-state index contributed by atoms with van der Waals surface area (Å²) >= 11 is 0. The highest BCUT2D eigenvalue weighted by Gasteiger charge is 2.21. The van der Waals surface area contributed by atoms with Gasteiger partial charge in [-0.3, -0.25) is 4.98 Å². The topological polar surface area (TPSA) is 84.3 Å². The fraction of sp³-hybridized carbons (Fsp3) is 0.292. The molecule has 2 aromatic heterocycles. The normalized spacial score (nSPS) is 16.9. The summed E-state index contributed by atoms with van der Waals surface area (Å²) < 4.78 is 5.89. The van der Waals surface area contributed by atoms with Crippen LogP contribution in [0.1, 0.15) is 42.2 Å². The number of carboxylic acid groups (broad SMARTS) is 1. The van der Waals surface area contributed by atoms with Gasteiger partial charge < -0.3 is 15.2 Å². The van der Waals surface area contributed by atoms with E-state index in [2.05, 4.69) is 27.9 Å². The molecule has 6 nitrogen and oxygen atoms in total. The zero-order valence-electron chi connectivity index (χ0n) is 17.4. The molecule has 0 radical (unpaired) electrons. The predicted octanol–water partition coefficient (Wildman–Crippen LogP) is 5.16. The van der Waals surface area contributed by atoms with Crippen molar-refractivity contribution in [3.63, 3.8) is 0 Å². The summed E-state index contributed by atoms with van der Waals surface area (Å²) in [6, 6.07) is 7.20. The molecule has 0 aliphatic heterocycles. The van der Waals surface area contributed by atoms with E-state index in [0.717, 1.165) is 36.3 Å². The number of allylic oxidation sites excluding steroid dienone is 4. The number of aromatic carboxylic acids is 1. The Bertz CT molecular complexity index is 995. The first-order chi connectivity index (χ1) is 14.5. The van der Waals surface area contributed by atoms with Crippen LogP contribution in [-0.4, -0.2) is 27.6 Å². The van der Waals surface area contributed by atoms with Gasteiger partial charge in [0, 0.05) is 30.4 Å². The van der Waals surface area contributed by atoms with Crippen molar-refractivity contribution in [1.29, 1.82) is 0 Å². The lowest BCUT2D eigenvalue weighted by atomic mass is 9.82. The highest BCUT2D eigenvalue weighted by atomic mass is 16.5. The van der Waals surface area contributed by atoms with E-state index in [1.807, 2.05) is 38.1 Å². The number of nitrogens with one attached hydrogen (secondary N) is 1. The number of nitrogens with zero attached hydrogens (tertiary/aromatic N) is 2. The Labute approximate surface area is 177 Å². The van der Waals surface area contributed by atoms with Crippen molar-refractivity contribution in [2.24, 2.45) is 5.92 Å². The van der Waals surface area contributed by atoms with Crippen LogP contribution in [0.3, 0.4) is 0 Å². The third kappa shape index (κ3) is 5.35. The SMILES string of the molecule is C=CC1=C(/C=C(\C)Oc2cccc(C)n2)CCCC1CNc1cnccc1C(=O)O. The maximum absolute atomic E-state index is 11.4. The van der Waals surface area contributed by atoms with E-state index >= 15 is 0 Å². The van der Waals surface area contributed by atoms with Crippen LogP contribution in [0.5, 0.6) is 5.88 Å². The maximum atomic E-state index is 11.4. The van der Waals surface area contributed by atoms with Crippen molar-refractivity contribution in [2.75, 3.05) is 11.9 Å². The van der Waals surface area contributed by atoms with E-state index in [4.69, 9.17) is 4.74 Å². The van der Waals surface area contributed by atoms with Crippen LogP contribution in [0.2, 0.25) is 0 Å². The molecule has 6 heteroatoms. The summed E-state index contributed by atoms with van der Waals surface area (Å²) in [4.78, 5) is 19.8. The summed E-state index contributed by atoms with van der Waals surface area (Å²) in [5.41, 5.74) is 4.01. The highest BCUT2D eigenvalue weighted by molar-refractivity contribution is 5.93. The zero-order valence-corrected chi connectivity index (χ0v) is 17.4. The molecule has 1 aliphatic carbocycles. The molecule has 1 unspecified atom stereocenters. The molecule has 3 rings (SSSR count). The summed E-state index contributed by atoms with van der Waals surface area (Å²) in [6.45, 7) is 8.49. The van der Waals surface area contributed by atoms with E-state index in [-0.39, 0.29) is 11.5 Å². The molecule has 30 heavy (non-hydrogen) atoms. The van der Waals surface area contributed by atoms with Gasteiger partial charge in [0.2, 0.25) is 5.88 Å². The minimum Gasteiger partial charge on any atom is -0.478 e. The van der Waals surface area contributed by atoms with Gasteiger partial charge in [-0.25, -0.2) is 9.78 Å². The molecule has 2 N–H and O–H groups in total. The van der Waals surface area contributed by atoms with Crippen LogP contribution in [0, 0.1) is 12.8 Å². The Morgan fingerprint density at radius 3 is 2.97 bits per heavy atom. The van der Waals surface area contributed by atoms with Crippen LogP contribution >= 0.6 is 0 Å². The van der Waals surface area contributed by atoms with Gasteiger partial charge in [-0.2, -0.15) is 0 Å². The Kier molecular flexibility index (Phi) is 7.01. The summed E-state index contributed by atoms with van der Waals surface area (Å²) in [7, 11) is 0. The van der Waals surface area contributed by atoms with Crippen LogP contribution in [-0.2, 0) is 0 Å². The van der Waals surface area contributed by atoms with E-state index in [0.29, 0.717) is 18.1 Å².